The molecule has 26 heavy (non-hydrogen) atoms. The van der Waals surface area contributed by atoms with Crippen LogP contribution in [0.4, 0.5) is 0 Å². The third-order valence-corrected chi connectivity index (χ3v) is 4.82. The zero-order valence-electron chi connectivity index (χ0n) is 13.8. The van der Waals surface area contributed by atoms with Crippen LogP contribution in [0.3, 0.4) is 0 Å². The maximum Gasteiger partial charge on any atom is 0.256 e. The van der Waals surface area contributed by atoms with E-state index in [9.17, 15) is 14.7 Å². The Morgan fingerprint density at radius 2 is 1.81 bits per heavy atom. The van der Waals surface area contributed by atoms with Crippen molar-refractivity contribution in [3.8, 4) is 5.75 Å². The number of phenolic OH excluding ortho intramolecular Hbond substituents is 1. The molecule has 1 saturated heterocycles. The summed E-state index contributed by atoms with van der Waals surface area (Å²) in [4.78, 5) is 30.5. The number of benzene rings is 1. The first-order chi connectivity index (χ1) is 12.5. The number of nitrogens with one attached hydrogen (secondary N) is 1. The van der Waals surface area contributed by atoms with Crippen molar-refractivity contribution in [2.24, 2.45) is 0 Å². The Labute approximate surface area is 160 Å². The van der Waals surface area contributed by atoms with Crippen LogP contribution >= 0.6 is 23.2 Å². The molecule has 1 aliphatic heterocycles. The molecule has 0 bridgehead atoms. The Hall–Kier alpha value is -2.31. The van der Waals surface area contributed by atoms with E-state index in [4.69, 9.17) is 23.2 Å². The van der Waals surface area contributed by atoms with Crippen molar-refractivity contribution < 1.29 is 14.7 Å². The molecule has 1 fully saturated rings. The van der Waals surface area contributed by atoms with Crippen LogP contribution in [0, 0.1) is 0 Å². The van der Waals surface area contributed by atoms with Crippen LogP contribution in [0.5, 0.6) is 5.75 Å². The highest BCUT2D eigenvalue weighted by Crippen LogP contribution is 2.30. The average Bonchev–Trinajstić information content (AvgIpc) is 2.61. The molecule has 8 heteroatoms. The third kappa shape index (κ3) is 4.08. The Morgan fingerprint density at radius 3 is 2.42 bits per heavy atom. The Morgan fingerprint density at radius 1 is 1.15 bits per heavy atom. The fourth-order valence-corrected chi connectivity index (χ4v) is 3.51. The number of pyridine rings is 1. The van der Waals surface area contributed by atoms with Crippen LogP contribution in [0.25, 0.3) is 0 Å². The van der Waals surface area contributed by atoms with Crippen LogP contribution in [-0.4, -0.2) is 45.9 Å². The zero-order chi connectivity index (χ0) is 18.7. The molecule has 0 atom stereocenters. The van der Waals surface area contributed by atoms with Gasteiger partial charge in [0.1, 0.15) is 5.75 Å². The van der Waals surface area contributed by atoms with E-state index in [1.54, 1.807) is 29.4 Å². The van der Waals surface area contributed by atoms with E-state index in [1.807, 2.05) is 0 Å². The smallest absolute Gasteiger partial charge is 0.256 e. The van der Waals surface area contributed by atoms with Crippen molar-refractivity contribution in [1.29, 1.82) is 0 Å². The van der Waals surface area contributed by atoms with E-state index in [2.05, 4.69) is 10.3 Å². The maximum absolute atomic E-state index is 12.4. The Bertz CT molecular complexity index is 799. The number of aromatic hydroxyl groups is 1. The number of piperidine rings is 1. The molecule has 0 spiro atoms. The number of hydrogen-bond acceptors (Lipinski definition) is 4. The lowest BCUT2D eigenvalue weighted by Crippen LogP contribution is -2.46. The summed E-state index contributed by atoms with van der Waals surface area (Å²) in [5, 5.41) is 13.1. The molecule has 2 N–H and O–H groups in total. The first-order valence-electron chi connectivity index (χ1n) is 8.14. The predicted octanol–water partition coefficient (Wildman–Crippen LogP) is 3.13. The summed E-state index contributed by atoms with van der Waals surface area (Å²) in [6.07, 6.45) is 4.41. The summed E-state index contributed by atoms with van der Waals surface area (Å²) in [7, 11) is 0. The summed E-state index contributed by atoms with van der Waals surface area (Å²) in [5.41, 5.74) is 0.603. The number of nitrogens with zero attached hydrogens (tertiary/aromatic N) is 2. The second-order valence-electron chi connectivity index (χ2n) is 6.06. The minimum atomic E-state index is -0.455. The van der Waals surface area contributed by atoms with Gasteiger partial charge in [0.25, 0.3) is 11.8 Å². The van der Waals surface area contributed by atoms with Gasteiger partial charge in [-0.15, -0.1) is 0 Å². The number of halogens is 2. The lowest BCUT2D eigenvalue weighted by atomic mass is 10.0. The van der Waals surface area contributed by atoms with E-state index in [0.29, 0.717) is 31.5 Å². The van der Waals surface area contributed by atoms with Crippen molar-refractivity contribution in [2.45, 2.75) is 18.9 Å². The normalized spacial score (nSPS) is 14.9. The number of amides is 2. The SMILES string of the molecule is O=C(NC1CCN(C(=O)c2ccncc2)CC1)c1c(O)cc(Cl)cc1Cl. The molecule has 136 valence electrons. The molecular formula is C18H17Cl2N3O3. The van der Waals surface area contributed by atoms with Crippen LogP contribution in [0.1, 0.15) is 33.6 Å². The molecule has 6 nitrogen and oxygen atoms in total. The van der Waals surface area contributed by atoms with Gasteiger partial charge in [-0.2, -0.15) is 0 Å². The van der Waals surface area contributed by atoms with Gasteiger partial charge in [0, 0.05) is 42.1 Å². The molecule has 0 aliphatic carbocycles. The Balaban J connectivity index is 1.59. The van der Waals surface area contributed by atoms with Crippen LogP contribution < -0.4 is 5.32 Å². The average molecular weight is 394 g/mol. The number of hydrogen-bond donors (Lipinski definition) is 2. The first kappa shape index (κ1) is 18.5. The van der Waals surface area contributed by atoms with Gasteiger partial charge < -0.3 is 15.3 Å². The molecule has 0 unspecified atom stereocenters. The highest BCUT2D eigenvalue weighted by molar-refractivity contribution is 6.37. The summed E-state index contributed by atoms with van der Waals surface area (Å²) < 4.78 is 0. The molecule has 0 radical (unpaired) electrons. The van der Waals surface area contributed by atoms with Gasteiger partial charge in [-0.25, -0.2) is 0 Å². The molecule has 2 amide bonds. The highest BCUT2D eigenvalue weighted by atomic mass is 35.5. The maximum atomic E-state index is 12.4. The third-order valence-electron chi connectivity index (χ3n) is 4.31. The van der Waals surface area contributed by atoms with E-state index in [1.165, 1.54) is 12.1 Å². The van der Waals surface area contributed by atoms with Gasteiger partial charge in [-0.3, -0.25) is 14.6 Å². The van der Waals surface area contributed by atoms with Crippen molar-refractivity contribution in [3.63, 3.8) is 0 Å². The van der Waals surface area contributed by atoms with Crippen LogP contribution in [0.2, 0.25) is 10.0 Å². The lowest BCUT2D eigenvalue weighted by molar-refractivity contribution is 0.0698. The van der Waals surface area contributed by atoms with Gasteiger partial charge in [0.05, 0.1) is 10.6 Å². The molecule has 1 aliphatic rings. The molecule has 2 heterocycles. The molecule has 1 aromatic carbocycles. The second kappa shape index (κ2) is 7.93. The number of carbonyl (C=O) groups excluding carboxylic acids is 2. The van der Waals surface area contributed by atoms with Gasteiger partial charge >= 0.3 is 0 Å². The van der Waals surface area contributed by atoms with Gasteiger partial charge in [-0.05, 0) is 37.1 Å². The summed E-state index contributed by atoms with van der Waals surface area (Å²) in [6, 6.07) is 5.95. The van der Waals surface area contributed by atoms with Crippen molar-refractivity contribution in [2.75, 3.05) is 13.1 Å². The Kier molecular flexibility index (Phi) is 5.64. The molecule has 1 aromatic heterocycles. The molecule has 3 rings (SSSR count). The largest absolute Gasteiger partial charge is 0.507 e. The molecule has 2 aromatic rings. The van der Waals surface area contributed by atoms with Gasteiger partial charge in [-0.1, -0.05) is 23.2 Å². The van der Waals surface area contributed by atoms with Crippen molar-refractivity contribution in [3.05, 3.63) is 57.8 Å². The summed E-state index contributed by atoms with van der Waals surface area (Å²) in [6.45, 7) is 1.07. The zero-order valence-corrected chi connectivity index (χ0v) is 15.3. The number of aromatic nitrogens is 1. The van der Waals surface area contributed by atoms with E-state index >= 15 is 0 Å². The standard InChI is InChI=1S/C18H17Cl2N3O3/c19-12-9-14(20)16(15(24)10-12)17(25)22-13-3-7-23(8-4-13)18(26)11-1-5-21-6-2-11/h1-2,5-6,9-10,13,24H,3-4,7-8H2,(H,22,25). The van der Waals surface area contributed by atoms with E-state index < -0.39 is 5.91 Å². The quantitative estimate of drug-likeness (QED) is 0.838. The molecule has 0 saturated carbocycles. The molecular weight excluding hydrogens is 377 g/mol. The summed E-state index contributed by atoms with van der Waals surface area (Å²) in [5.74, 6) is -0.760. The lowest BCUT2D eigenvalue weighted by Gasteiger charge is -2.32. The first-order valence-corrected chi connectivity index (χ1v) is 8.89. The minimum Gasteiger partial charge on any atom is -0.507 e. The topological polar surface area (TPSA) is 82.5 Å². The van der Waals surface area contributed by atoms with Crippen LogP contribution in [0.15, 0.2) is 36.7 Å². The minimum absolute atomic E-state index is 0.00589. The van der Waals surface area contributed by atoms with Crippen LogP contribution in [-0.2, 0) is 0 Å². The van der Waals surface area contributed by atoms with E-state index in [0.717, 1.165) is 0 Å². The fraction of sp³-hybridized carbons (Fsp3) is 0.278. The summed E-state index contributed by atoms with van der Waals surface area (Å²) >= 11 is 11.8. The fourth-order valence-electron chi connectivity index (χ4n) is 2.95. The van der Waals surface area contributed by atoms with Crippen molar-refractivity contribution >= 4 is 35.0 Å². The number of rotatable bonds is 3. The van der Waals surface area contributed by atoms with Crippen molar-refractivity contribution in [1.82, 2.24) is 15.2 Å². The van der Waals surface area contributed by atoms with Gasteiger partial charge in [0.2, 0.25) is 0 Å². The highest BCUT2D eigenvalue weighted by Gasteiger charge is 2.26. The predicted molar refractivity (Wildman–Crippen MR) is 98.8 cm³/mol. The number of likely N-dealkylation sites (tertiary alicyclic amines) is 1. The monoisotopic (exact) mass is 393 g/mol. The second-order valence-corrected chi connectivity index (χ2v) is 6.90. The number of carbonyl (C=O) groups is 2. The van der Waals surface area contributed by atoms with Gasteiger partial charge in [0.15, 0.2) is 0 Å². The van der Waals surface area contributed by atoms with E-state index in [-0.39, 0.29) is 33.3 Å². The number of phenols is 1.